The van der Waals surface area contributed by atoms with Crippen LogP contribution >= 0.6 is 0 Å². The first-order valence-electron chi connectivity index (χ1n) is 14.8. The minimum Gasteiger partial charge on any atom is -0.209 e. The van der Waals surface area contributed by atoms with Gasteiger partial charge in [0.25, 0.3) is 0 Å². The lowest BCUT2D eigenvalue weighted by atomic mass is 9.96. The molecule has 10 heteroatoms. The van der Waals surface area contributed by atoms with Gasteiger partial charge in [0.05, 0.1) is 5.56 Å². The molecule has 0 aliphatic carbocycles. The van der Waals surface area contributed by atoms with Crippen molar-refractivity contribution in [1.29, 1.82) is 0 Å². The fourth-order valence-corrected chi connectivity index (χ4v) is 5.20. The number of halogens is 10. The van der Waals surface area contributed by atoms with Crippen LogP contribution < -0.4 is 0 Å². The van der Waals surface area contributed by atoms with Gasteiger partial charge >= 0.3 is 6.18 Å². The van der Waals surface area contributed by atoms with Gasteiger partial charge in [0.15, 0.2) is 5.83 Å². The standard InChI is InChI=1S/C36H30F10/c1-2-3-4-5-6-7-27(37)35(43)24-13-10-22(11-14-24)25-15-12-23(28(38)18-25)9-8-21-16-29(39)33(30(40)17-21)26-19-31(41)34(32(42)20-26)36(44,45)46/h10-20H,2-9H2,1H3. The predicted molar refractivity (Wildman–Crippen MR) is 158 cm³/mol. The lowest BCUT2D eigenvalue weighted by Crippen LogP contribution is -2.11. The molecule has 4 aromatic rings. The lowest BCUT2D eigenvalue weighted by molar-refractivity contribution is -0.142. The highest BCUT2D eigenvalue weighted by atomic mass is 19.4. The summed E-state index contributed by atoms with van der Waals surface area (Å²) >= 11 is 0. The van der Waals surface area contributed by atoms with Gasteiger partial charge in [0, 0.05) is 12.0 Å². The second kappa shape index (κ2) is 15.0. The Morgan fingerprint density at radius 1 is 0.587 bits per heavy atom. The molecule has 0 heterocycles. The zero-order chi connectivity index (χ0) is 33.6. The molecule has 0 radical (unpaired) electrons. The first kappa shape index (κ1) is 34.8. The van der Waals surface area contributed by atoms with Crippen LogP contribution in [0, 0.1) is 29.1 Å². The van der Waals surface area contributed by atoms with E-state index in [0.29, 0.717) is 17.5 Å². The van der Waals surface area contributed by atoms with Crippen LogP contribution in [-0.2, 0) is 19.0 Å². The Kier molecular flexibility index (Phi) is 11.3. The molecule has 0 bridgehead atoms. The maximum atomic E-state index is 15.0. The van der Waals surface area contributed by atoms with Gasteiger partial charge < -0.3 is 0 Å². The van der Waals surface area contributed by atoms with Crippen LogP contribution in [-0.4, -0.2) is 0 Å². The van der Waals surface area contributed by atoms with Crippen molar-refractivity contribution in [3.05, 3.63) is 124 Å². The molecule has 0 spiro atoms. The first-order valence-corrected chi connectivity index (χ1v) is 14.8. The number of unbranched alkanes of at least 4 members (excludes halogenated alkanes) is 4. The number of hydrogen-bond acceptors (Lipinski definition) is 0. The second-order valence-electron chi connectivity index (χ2n) is 11.0. The molecule has 0 amide bonds. The molecule has 0 atom stereocenters. The highest BCUT2D eigenvalue weighted by Gasteiger charge is 2.38. The maximum Gasteiger partial charge on any atom is 0.422 e. The minimum absolute atomic E-state index is 0.0144. The van der Waals surface area contributed by atoms with Crippen molar-refractivity contribution in [3.8, 4) is 22.3 Å². The van der Waals surface area contributed by atoms with Gasteiger partial charge in [-0.3, -0.25) is 0 Å². The quantitative estimate of drug-likeness (QED) is 0.106. The summed E-state index contributed by atoms with van der Waals surface area (Å²) < 4.78 is 140. The van der Waals surface area contributed by atoms with Crippen molar-refractivity contribution in [2.75, 3.05) is 0 Å². The number of rotatable bonds is 12. The van der Waals surface area contributed by atoms with E-state index in [1.54, 1.807) is 18.2 Å². The summed E-state index contributed by atoms with van der Waals surface area (Å²) in [5.74, 6) is -8.89. The molecule has 0 unspecified atom stereocenters. The van der Waals surface area contributed by atoms with E-state index in [0.717, 1.165) is 37.8 Å². The van der Waals surface area contributed by atoms with E-state index in [1.807, 2.05) is 0 Å². The maximum absolute atomic E-state index is 15.0. The van der Waals surface area contributed by atoms with Crippen LogP contribution in [0.1, 0.15) is 67.7 Å². The van der Waals surface area contributed by atoms with Crippen LogP contribution in [0.15, 0.2) is 72.6 Å². The van der Waals surface area contributed by atoms with Gasteiger partial charge in [0.2, 0.25) is 0 Å². The van der Waals surface area contributed by atoms with Crippen molar-refractivity contribution < 1.29 is 43.9 Å². The summed E-state index contributed by atoms with van der Waals surface area (Å²) in [7, 11) is 0. The summed E-state index contributed by atoms with van der Waals surface area (Å²) in [5.41, 5.74) is -2.44. The van der Waals surface area contributed by atoms with Gasteiger partial charge in [-0.15, -0.1) is 0 Å². The number of benzene rings is 4. The summed E-state index contributed by atoms with van der Waals surface area (Å²) in [4.78, 5) is 0. The van der Waals surface area contributed by atoms with E-state index in [1.165, 1.54) is 24.3 Å². The average molecular weight is 653 g/mol. The average Bonchev–Trinajstić information content (AvgIpc) is 2.98. The van der Waals surface area contributed by atoms with Crippen molar-refractivity contribution in [3.63, 3.8) is 0 Å². The minimum atomic E-state index is -5.34. The summed E-state index contributed by atoms with van der Waals surface area (Å²) in [6.07, 6.45) is -0.878. The smallest absolute Gasteiger partial charge is 0.209 e. The highest BCUT2D eigenvalue weighted by molar-refractivity contribution is 5.69. The third kappa shape index (κ3) is 8.39. The van der Waals surface area contributed by atoms with Crippen LogP contribution in [0.2, 0.25) is 0 Å². The number of hydrogen-bond donors (Lipinski definition) is 0. The molecule has 244 valence electrons. The zero-order valence-electron chi connectivity index (χ0n) is 24.8. The van der Waals surface area contributed by atoms with Crippen LogP contribution in [0.25, 0.3) is 28.1 Å². The van der Waals surface area contributed by atoms with Gasteiger partial charge in [-0.05, 0) is 77.4 Å². The fraction of sp³-hybridized carbons (Fsp3) is 0.278. The van der Waals surface area contributed by atoms with Crippen molar-refractivity contribution in [2.24, 2.45) is 0 Å². The molecule has 46 heavy (non-hydrogen) atoms. The Morgan fingerprint density at radius 3 is 1.72 bits per heavy atom. The Labute approximate surface area is 260 Å². The van der Waals surface area contributed by atoms with Gasteiger partial charge in [-0.1, -0.05) is 69.0 Å². The molecule has 0 aliphatic heterocycles. The van der Waals surface area contributed by atoms with E-state index >= 15 is 0 Å². The Bertz CT molecular complexity index is 1660. The molecular formula is C36H30F10. The Hall–Kier alpha value is -4.08. The third-order valence-corrected chi connectivity index (χ3v) is 7.66. The largest absolute Gasteiger partial charge is 0.422 e. The Morgan fingerprint density at radius 2 is 1.15 bits per heavy atom. The molecule has 0 fully saturated rings. The molecule has 0 N–H and O–H groups in total. The first-order chi connectivity index (χ1) is 21.8. The van der Waals surface area contributed by atoms with Crippen molar-refractivity contribution in [2.45, 2.75) is 64.5 Å². The summed E-state index contributed by atoms with van der Waals surface area (Å²) in [6, 6.07) is 12.4. The normalized spacial score (nSPS) is 12.4. The molecule has 0 aliphatic rings. The van der Waals surface area contributed by atoms with Crippen molar-refractivity contribution in [1.82, 2.24) is 0 Å². The molecule has 0 saturated carbocycles. The van der Waals surface area contributed by atoms with Crippen LogP contribution in [0.5, 0.6) is 0 Å². The molecule has 0 saturated heterocycles. The molecule has 0 aromatic heterocycles. The van der Waals surface area contributed by atoms with E-state index in [2.05, 4.69) is 6.92 Å². The van der Waals surface area contributed by atoms with Gasteiger partial charge in [-0.25, -0.2) is 30.7 Å². The van der Waals surface area contributed by atoms with Gasteiger partial charge in [-0.2, -0.15) is 13.2 Å². The monoisotopic (exact) mass is 652 g/mol. The molecule has 0 nitrogen and oxygen atoms in total. The van der Waals surface area contributed by atoms with Crippen LogP contribution in [0.4, 0.5) is 43.9 Å². The Balaban J connectivity index is 1.43. The van der Waals surface area contributed by atoms with Crippen LogP contribution in [0.3, 0.4) is 0 Å². The number of alkyl halides is 3. The lowest BCUT2D eigenvalue weighted by Gasteiger charge is -2.13. The number of allylic oxidation sites excluding steroid dienone is 1. The fourth-order valence-electron chi connectivity index (χ4n) is 5.20. The topological polar surface area (TPSA) is 0 Å². The van der Waals surface area contributed by atoms with Gasteiger partial charge in [0.1, 0.15) is 40.5 Å². The predicted octanol–water partition coefficient (Wildman–Crippen LogP) is 12.5. The van der Waals surface area contributed by atoms with Crippen molar-refractivity contribution >= 4 is 5.83 Å². The highest BCUT2D eigenvalue weighted by Crippen LogP contribution is 2.37. The second-order valence-corrected chi connectivity index (χ2v) is 11.0. The summed E-state index contributed by atoms with van der Waals surface area (Å²) in [6.45, 7) is 2.07. The van der Waals surface area contributed by atoms with E-state index < -0.39 is 63.6 Å². The molecule has 4 rings (SSSR count). The molecular weight excluding hydrogens is 622 g/mol. The van der Waals surface area contributed by atoms with E-state index in [9.17, 15) is 43.9 Å². The zero-order valence-corrected chi connectivity index (χ0v) is 24.8. The van der Waals surface area contributed by atoms with E-state index in [-0.39, 0.29) is 48.1 Å². The number of aryl methyl sites for hydroxylation is 2. The van der Waals surface area contributed by atoms with E-state index in [4.69, 9.17) is 0 Å². The SMILES string of the molecule is CCCCCCCC(F)=C(F)c1ccc(-c2ccc(CCc3cc(F)c(-c4cc(F)c(C(F)(F)F)c(F)c4)c(F)c3)c(F)c2)cc1. The summed E-state index contributed by atoms with van der Waals surface area (Å²) in [5, 5.41) is 0. The molecule has 4 aromatic carbocycles. The third-order valence-electron chi connectivity index (χ3n) is 7.66.